The molecule has 0 bridgehead atoms. The van der Waals surface area contributed by atoms with Crippen molar-refractivity contribution in [3.63, 3.8) is 0 Å². The summed E-state index contributed by atoms with van der Waals surface area (Å²) in [6.07, 6.45) is -0.149. The van der Waals surface area contributed by atoms with E-state index in [2.05, 4.69) is 10.3 Å². The van der Waals surface area contributed by atoms with E-state index in [1.54, 1.807) is 0 Å². The van der Waals surface area contributed by atoms with E-state index in [0.717, 1.165) is 12.1 Å². The van der Waals surface area contributed by atoms with Crippen molar-refractivity contribution in [3.05, 3.63) is 63.3 Å². The minimum absolute atomic E-state index is 0.0687. The maximum absolute atomic E-state index is 13.5. The lowest BCUT2D eigenvalue weighted by Crippen LogP contribution is -2.16. The van der Waals surface area contributed by atoms with Gasteiger partial charge in [0.05, 0.1) is 10.5 Å². The predicted molar refractivity (Wildman–Crippen MR) is 75.4 cm³/mol. The van der Waals surface area contributed by atoms with Gasteiger partial charge in [0.15, 0.2) is 0 Å². The van der Waals surface area contributed by atoms with Crippen molar-refractivity contribution >= 4 is 11.5 Å². The second-order valence-corrected chi connectivity index (χ2v) is 4.61. The lowest BCUT2D eigenvalue weighted by atomic mass is 10.1. The van der Waals surface area contributed by atoms with Gasteiger partial charge in [0, 0.05) is 18.3 Å². The molecule has 1 heterocycles. The van der Waals surface area contributed by atoms with Crippen LogP contribution in [0.2, 0.25) is 0 Å². The Morgan fingerprint density at radius 3 is 2.59 bits per heavy atom. The molecule has 0 spiro atoms. The van der Waals surface area contributed by atoms with Gasteiger partial charge in [-0.3, -0.25) is 10.1 Å². The Balaban J connectivity index is 2.20. The SMILES string of the molecule is Cc1ccnc(NCC(O)c2c(F)cccc2F)c1[N+](=O)[O-]. The fourth-order valence-corrected chi connectivity index (χ4v) is 2.03. The number of nitrogens with zero attached hydrogens (tertiary/aromatic N) is 2. The van der Waals surface area contributed by atoms with Crippen molar-refractivity contribution in [1.82, 2.24) is 4.98 Å². The first-order valence-corrected chi connectivity index (χ1v) is 6.37. The molecule has 0 amide bonds. The number of aromatic nitrogens is 1. The fraction of sp³-hybridized carbons (Fsp3) is 0.214. The van der Waals surface area contributed by atoms with Crippen molar-refractivity contribution in [3.8, 4) is 0 Å². The molecule has 0 saturated heterocycles. The number of halogens is 2. The second-order valence-electron chi connectivity index (χ2n) is 4.61. The van der Waals surface area contributed by atoms with Gasteiger partial charge < -0.3 is 10.4 Å². The summed E-state index contributed by atoms with van der Waals surface area (Å²) in [6, 6.07) is 4.70. The number of rotatable bonds is 5. The number of pyridine rings is 1. The van der Waals surface area contributed by atoms with Crippen molar-refractivity contribution in [2.75, 3.05) is 11.9 Å². The number of anilines is 1. The van der Waals surface area contributed by atoms with E-state index in [4.69, 9.17) is 0 Å². The zero-order valence-corrected chi connectivity index (χ0v) is 11.6. The number of aliphatic hydroxyl groups excluding tert-OH is 1. The molecule has 1 unspecified atom stereocenters. The fourth-order valence-electron chi connectivity index (χ4n) is 2.03. The van der Waals surface area contributed by atoms with Crippen LogP contribution in [0.5, 0.6) is 0 Å². The molecule has 1 aromatic carbocycles. The van der Waals surface area contributed by atoms with Gasteiger partial charge >= 0.3 is 5.69 Å². The van der Waals surface area contributed by atoms with E-state index in [1.807, 2.05) is 0 Å². The van der Waals surface area contributed by atoms with Gasteiger partial charge in [-0.15, -0.1) is 0 Å². The summed E-state index contributed by atoms with van der Waals surface area (Å²) in [5.74, 6) is -1.84. The van der Waals surface area contributed by atoms with Crippen LogP contribution in [-0.2, 0) is 0 Å². The van der Waals surface area contributed by atoms with Crippen LogP contribution in [0, 0.1) is 28.7 Å². The van der Waals surface area contributed by atoms with Crippen LogP contribution in [0.25, 0.3) is 0 Å². The minimum atomic E-state index is -1.51. The van der Waals surface area contributed by atoms with E-state index >= 15 is 0 Å². The Labute approximate surface area is 124 Å². The quantitative estimate of drug-likeness (QED) is 0.655. The topological polar surface area (TPSA) is 88.3 Å². The largest absolute Gasteiger partial charge is 0.386 e. The summed E-state index contributed by atoms with van der Waals surface area (Å²) in [4.78, 5) is 14.2. The molecule has 1 aromatic heterocycles. The molecular weight excluding hydrogens is 296 g/mol. The molecule has 1 atom stereocenters. The predicted octanol–water partition coefficient (Wildman–Crippen LogP) is 2.72. The summed E-state index contributed by atoms with van der Waals surface area (Å²) in [6.45, 7) is 1.22. The van der Waals surface area contributed by atoms with Gasteiger partial charge in [-0.1, -0.05) is 6.07 Å². The van der Waals surface area contributed by atoms with Crippen LogP contribution in [0.1, 0.15) is 17.2 Å². The average Bonchev–Trinajstić information content (AvgIpc) is 2.44. The monoisotopic (exact) mass is 309 g/mol. The van der Waals surface area contributed by atoms with E-state index in [0.29, 0.717) is 5.56 Å². The number of hydrogen-bond acceptors (Lipinski definition) is 5. The Hall–Kier alpha value is -2.61. The molecule has 0 aliphatic carbocycles. The summed E-state index contributed by atoms with van der Waals surface area (Å²) in [5, 5.41) is 23.5. The Morgan fingerprint density at radius 1 is 1.36 bits per heavy atom. The van der Waals surface area contributed by atoms with E-state index in [-0.39, 0.29) is 18.1 Å². The molecule has 2 N–H and O–H groups in total. The smallest absolute Gasteiger partial charge is 0.314 e. The van der Waals surface area contributed by atoms with Crippen molar-refractivity contribution in [1.29, 1.82) is 0 Å². The van der Waals surface area contributed by atoms with Crippen LogP contribution in [0.4, 0.5) is 20.3 Å². The molecule has 2 aromatic rings. The van der Waals surface area contributed by atoms with E-state index < -0.39 is 28.2 Å². The number of aryl methyl sites for hydroxylation is 1. The lowest BCUT2D eigenvalue weighted by molar-refractivity contribution is -0.384. The van der Waals surface area contributed by atoms with Crippen LogP contribution >= 0.6 is 0 Å². The van der Waals surface area contributed by atoms with Gasteiger partial charge in [0.2, 0.25) is 5.82 Å². The molecule has 22 heavy (non-hydrogen) atoms. The minimum Gasteiger partial charge on any atom is -0.386 e. The number of benzene rings is 1. The van der Waals surface area contributed by atoms with Crippen LogP contribution < -0.4 is 5.32 Å². The lowest BCUT2D eigenvalue weighted by Gasteiger charge is -2.14. The Kier molecular flexibility index (Phi) is 4.62. The molecule has 0 aliphatic rings. The normalized spacial score (nSPS) is 12.0. The highest BCUT2D eigenvalue weighted by Crippen LogP contribution is 2.27. The molecule has 6 nitrogen and oxygen atoms in total. The molecule has 2 rings (SSSR count). The number of aliphatic hydroxyl groups is 1. The summed E-state index contributed by atoms with van der Waals surface area (Å²) < 4.78 is 27.1. The first-order valence-electron chi connectivity index (χ1n) is 6.37. The highest BCUT2D eigenvalue weighted by atomic mass is 19.1. The number of nitrogens with one attached hydrogen (secondary N) is 1. The second kappa shape index (κ2) is 6.44. The van der Waals surface area contributed by atoms with Gasteiger partial charge in [0.25, 0.3) is 0 Å². The molecular formula is C14H13F2N3O3. The Morgan fingerprint density at radius 2 is 2.00 bits per heavy atom. The third kappa shape index (κ3) is 3.17. The van der Waals surface area contributed by atoms with Gasteiger partial charge in [-0.25, -0.2) is 13.8 Å². The number of nitro groups is 1. The summed E-state index contributed by atoms with van der Waals surface area (Å²) in [7, 11) is 0. The van der Waals surface area contributed by atoms with Crippen LogP contribution in [0.3, 0.4) is 0 Å². The third-order valence-electron chi connectivity index (χ3n) is 3.10. The average molecular weight is 309 g/mol. The highest BCUT2D eigenvalue weighted by molar-refractivity contribution is 5.59. The maximum atomic E-state index is 13.5. The first kappa shape index (κ1) is 15.8. The summed E-state index contributed by atoms with van der Waals surface area (Å²) >= 11 is 0. The molecule has 0 saturated carbocycles. The van der Waals surface area contributed by atoms with Gasteiger partial charge in [0.1, 0.15) is 17.7 Å². The Bertz CT molecular complexity index is 689. The van der Waals surface area contributed by atoms with E-state index in [9.17, 15) is 24.0 Å². The van der Waals surface area contributed by atoms with E-state index in [1.165, 1.54) is 25.3 Å². The van der Waals surface area contributed by atoms with Crippen LogP contribution in [-0.4, -0.2) is 21.6 Å². The van der Waals surface area contributed by atoms with Gasteiger partial charge in [-0.2, -0.15) is 0 Å². The highest BCUT2D eigenvalue weighted by Gasteiger charge is 2.21. The molecule has 8 heteroatoms. The van der Waals surface area contributed by atoms with Crippen molar-refractivity contribution in [2.45, 2.75) is 13.0 Å². The molecule has 116 valence electrons. The molecule has 0 aliphatic heterocycles. The maximum Gasteiger partial charge on any atom is 0.314 e. The zero-order chi connectivity index (χ0) is 16.3. The summed E-state index contributed by atoms with van der Waals surface area (Å²) in [5.41, 5.74) is -0.358. The third-order valence-corrected chi connectivity index (χ3v) is 3.10. The number of hydrogen-bond donors (Lipinski definition) is 2. The van der Waals surface area contributed by atoms with Crippen LogP contribution in [0.15, 0.2) is 30.5 Å². The molecule has 0 radical (unpaired) electrons. The first-order chi connectivity index (χ1) is 10.4. The van der Waals surface area contributed by atoms with Crippen molar-refractivity contribution in [2.24, 2.45) is 0 Å². The molecule has 0 fully saturated rings. The standard InChI is InChI=1S/C14H13F2N3O3/c1-8-5-6-17-14(13(8)19(21)22)18-7-11(20)12-9(15)3-2-4-10(12)16/h2-6,11,20H,7H2,1H3,(H,17,18). The van der Waals surface area contributed by atoms with Gasteiger partial charge in [-0.05, 0) is 25.1 Å². The van der Waals surface area contributed by atoms with Crippen molar-refractivity contribution < 1.29 is 18.8 Å². The zero-order valence-electron chi connectivity index (χ0n) is 11.6.